The molecule has 0 unspecified atom stereocenters. The van der Waals surface area contributed by atoms with E-state index in [2.05, 4.69) is 20.0 Å². The minimum absolute atomic E-state index is 0.0345. The van der Waals surface area contributed by atoms with Crippen LogP contribution in [0.2, 0.25) is 0 Å². The van der Waals surface area contributed by atoms with Gasteiger partial charge in [-0.25, -0.2) is 4.98 Å². The Balaban J connectivity index is 1.57. The summed E-state index contributed by atoms with van der Waals surface area (Å²) in [5.41, 5.74) is 0.722. The lowest BCUT2D eigenvalue weighted by atomic mass is 10.2. The number of hydrogen-bond donors (Lipinski definition) is 0. The van der Waals surface area contributed by atoms with E-state index in [0.717, 1.165) is 11.8 Å². The summed E-state index contributed by atoms with van der Waals surface area (Å²) in [6.45, 7) is -2.96. The van der Waals surface area contributed by atoms with Crippen LogP contribution >= 0.6 is 11.8 Å². The van der Waals surface area contributed by atoms with Crippen LogP contribution in [0, 0.1) is 0 Å². The Hall–Kier alpha value is -4.12. The first-order valence-electron chi connectivity index (χ1n) is 10.0. The van der Waals surface area contributed by atoms with E-state index >= 15 is 0 Å². The number of halogens is 2. The minimum Gasteiger partial charge on any atom is -0.435 e. The Morgan fingerprint density at radius 1 is 0.853 bits per heavy atom. The molecule has 0 bridgehead atoms. The monoisotopic (exact) mass is 479 g/mol. The van der Waals surface area contributed by atoms with Crippen LogP contribution in [-0.2, 0) is 5.88 Å². The van der Waals surface area contributed by atoms with E-state index in [1.54, 1.807) is 48.5 Å². The zero-order chi connectivity index (χ0) is 23.7. The first kappa shape index (κ1) is 21.7. The van der Waals surface area contributed by atoms with Crippen molar-refractivity contribution < 1.29 is 13.5 Å². The van der Waals surface area contributed by atoms with Crippen molar-refractivity contribution in [3.63, 3.8) is 0 Å². The summed E-state index contributed by atoms with van der Waals surface area (Å²) in [5.74, 6) is 0.0151. The molecular weight excluding hydrogens is 464 g/mol. The second kappa shape index (κ2) is 9.02. The van der Waals surface area contributed by atoms with Crippen LogP contribution in [0.5, 0.6) is 5.75 Å². The second-order valence-corrected chi connectivity index (χ2v) is 8.02. The smallest absolute Gasteiger partial charge is 0.387 e. The fraction of sp³-hybridized carbons (Fsp3) is 0.0870. The molecule has 2 aromatic heterocycles. The third-order valence-corrected chi connectivity index (χ3v) is 5.92. The lowest BCUT2D eigenvalue weighted by Crippen LogP contribution is -2.25. The van der Waals surface area contributed by atoms with Crippen molar-refractivity contribution in [2.24, 2.45) is 0 Å². The lowest BCUT2D eigenvalue weighted by molar-refractivity contribution is -0.0498. The molecule has 0 radical (unpaired) electrons. The quantitative estimate of drug-likeness (QED) is 0.270. The van der Waals surface area contributed by atoms with Crippen molar-refractivity contribution in [1.29, 1.82) is 0 Å². The Morgan fingerprint density at radius 2 is 1.50 bits per heavy atom. The summed E-state index contributed by atoms with van der Waals surface area (Å²) in [5, 5.41) is 9.17. The summed E-state index contributed by atoms with van der Waals surface area (Å²) in [6, 6.07) is 19.4. The highest BCUT2D eigenvalue weighted by Crippen LogP contribution is 2.24. The number of rotatable bonds is 6. The number of benzene rings is 3. The van der Waals surface area contributed by atoms with Crippen molar-refractivity contribution >= 4 is 33.6 Å². The van der Waals surface area contributed by atoms with Gasteiger partial charge in [0.15, 0.2) is 5.16 Å². The fourth-order valence-corrected chi connectivity index (χ4v) is 4.33. The Bertz CT molecular complexity index is 1620. The first-order valence-corrected chi connectivity index (χ1v) is 11.0. The minimum atomic E-state index is -2.96. The molecule has 8 nitrogen and oxygen atoms in total. The highest BCUT2D eigenvalue weighted by molar-refractivity contribution is 7.98. The van der Waals surface area contributed by atoms with E-state index in [-0.39, 0.29) is 22.7 Å². The molecule has 0 aliphatic rings. The van der Waals surface area contributed by atoms with E-state index < -0.39 is 6.61 Å². The summed E-state index contributed by atoms with van der Waals surface area (Å²) >= 11 is 1.12. The highest BCUT2D eigenvalue weighted by atomic mass is 32.2. The highest BCUT2D eigenvalue weighted by Gasteiger charge is 2.15. The zero-order valence-electron chi connectivity index (χ0n) is 17.3. The van der Waals surface area contributed by atoms with Gasteiger partial charge in [0.25, 0.3) is 11.1 Å². The zero-order valence-corrected chi connectivity index (χ0v) is 18.2. The van der Waals surface area contributed by atoms with Gasteiger partial charge >= 0.3 is 6.61 Å². The van der Waals surface area contributed by atoms with Gasteiger partial charge in [0, 0.05) is 0 Å². The van der Waals surface area contributed by atoms with Crippen LogP contribution in [0.1, 0.15) is 0 Å². The molecule has 170 valence electrons. The maximum Gasteiger partial charge on any atom is 0.387 e. The summed E-state index contributed by atoms with van der Waals surface area (Å²) in [4.78, 5) is 30.7. The van der Waals surface area contributed by atoms with Crippen LogP contribution in [0.3, 0.4) is 0 Å². The van der Waals surface area contributed by atoms with Gasteiger partial charge in [-0.1, -0.05) is 41.2 Å². The molecule has 0 aliphatic carbocycles. The molecule has 11 heteroatoms. The molecule has 0 amide bonds. The number of fused-ring (bicyclic) bond motifs is 2. The standard InChI is InChI=1S/C23H15F2N5O3S/c24-22(25)33-15-11-9-14(10-12-15)30-21(32)16-5-1-3-7-18(16)26-23(30)34-13-29-20(31)17-6-2-4-8-19(17)27-28-29/h1-12,22H,13H2. The predicted molar refractivity (Wildman–Crippen MR) is 124 cm³/mol. The lowest BCUT2D eigenvalue weighted by Gasteiger charge is -2.14. The number of nitrogens with zero attached hydrogens (tertiary/aromatic N) is 5. The molecule has 2 heterocycles. The molecule has 0 atom stereocenters. The average molecular weight is 479 g/mol. The largest absolute Gasteiger partial charge is 0.435 e. The molecule has 0 fully saturated rings. The van der Waals surface area contributed by atoms with Gasteiger partial charge in [0.05, 0.1) is 27.9 Å². The third kappa shape index (κ3) is 4.13. The van der Waals surface area contributed by atoms with Crippen molar-refractivity contribution in [2.75, 3.05) is 0 Å². The van der Waals surface area contributed by atoms with Crippen LogP contribution in [-0.4, -0.2) is 31.2 Å². The predicted octanol–water partition coefficient (Wildman–Crippen LogP) is 3.84. The van der Waals surface area contributed by atoms with E-state index in [1.165, 1.54) is 33.5 Å². The van der Waals surface area contributed by atoms with Crippen LogP contribution in [0.4, 0.5) is 8.78 Å². The van der Waals surface area contributed by atoms with Gasteiger partial charge in [-0.15, -0.1) is 5.10 Å². The maximum absolute atomic E-state index is 13.3. The van der Waals surface area contributed by atoms with Gasteiger partial charge in [-0.05, 0) is 48.5 Å². The van der Waals surface area contributed by atoms with Crippen LogP contribution < -0.4 is 15.9 Å². The van der Waals surface area contributed by atoms with Crippen LogP contribution in [0.15, 0.2) is 87.5 Å². The van der Waals surface area contributed by atoms with Gasteiger partial charge in [0.2, 0.25) is 0 Å². The summed E-state index contributed by atoms with van der Waals surface area (Å²) < 4.78 is 32.0. The van der Waals surface area contributed by atoms with Crippen LogP contribution in [0.25, 0.3) is 27.5 Å². The third-order valence-electron chi connectivity index (χ3n) is 5.01. The molecule has 0 saturated heterocycles. The van der Waals surface area contributed by atoms with Crippen molar-refractivity contribution in [3.8, 4) is 11.4 Å². The Morgan fingerprint density at radius 3 is 2.21 bits per heavy atom. The molecule has 0 aliphatic heterocycles. The normalized spacial score (nSPS) is 11.4. The van der Waals surface area contributed by atoms with Gasteiger partial charge in [0.1, 0.15) is 11.3 Å². The summed E-state index contributed by atoms with van der Waals surface area (Å²) in [6.07, 6.45) is 0. The Labute approximate surface area is 194 Å². The molecule has 3 aromatic carbocycles. The van der Waals surface area contributed by atoms with Gasteiger partial charge in [-0.3, -0.25) is 14.2 Å². The molecular formula is C23H15F2N5O3S. The molecule has 34 heavy (non-hydrogen) atoms. The maximum atomic E-state index is 13.3. The number of thioether (sulfide) groups is 1. The second-order valence-electron chi connectivity index (χ2n) is 7.11. The van der Waals surface area contributed by atoms with E-state index in [0.29, 0.717) is 32.6 Å². The summed E-state index contributed by atoms with van der Waals surface area (Å²) in [7, 11) is 0. The number of hydrogen-bond acceptors (Lipinski definition) is 7. The number of alkyl halides is 2. The van der Waals surface area contributed by atoms with Crippen molar-refractivity contribution in [1.82, 2.24) is 24.5 Å². The molecule has 0 saturated carbocycles. The topological polar surface area (TPSA) is 91.9 Å². The number of para-hydroxylation sites is 1. The first-order chi connectivity index (χ1) is 16.5. The van der Waals surface area contributed by atoms with Gasteiger partial charge < -0.3 is 4.74 Å². The SMILES string of the molecule is O=c1c2ccccc2nnn1CSc1nc2ccccc2c(=O)n1-c1ccc(OC(F)F)cc1. The number of aromatic nitrogens is 5. The van der Waals surface area contributed by atoms with Crippen molar-refractivity contribution in [3.05, 3.63) is 93.5 Å². The molecule has 5 rings (SSSR count). The average Bonchev–Trinajstić information content (AvgIpc) is 2.84. The van der Waals surface area contributed by atoms with Crippen molar-refractivity contribution in [2.45, 2.75) is 17.6 Å². The van der Waals surface area contributed by atoms with E-state index in [4.69, 9.17) is 0 Å². The fourth-order valence-electron chi connectivity index (χ4n) is 3.44. The van der Waals surface area contributed by atoms with Gasteiger partial charge in [-0.2, -0.15) is 13.5 Å². The van der Waals surface area contributed by atoms with E-state index in [1.807, 2.05) is 0 Å². The molecule has 0 N–H and O–H groups in total. The van der Waals surface area contributed by atoms with E-state index in [9.17, 15) is 18.4 Å². The molecule has 0 spiro atoms. The molecule has 5 aromatic rings. The Kier molecular flexibility index (Phi) is 5.76. The number of ether oxygens (including phenoxy) is 1.